The van der Waals surface area contributed by atoms with Gasteiger partial charge in [-0.2, -0.15) is 0 Å². The monoisotopic (exact) mass is 235 g/mol. The maximum Gasteiger partial charge on any atom is 0.128 e. The maximum absolute atomic E-state index is 6.18. The summed E-state index contributed by atoms with van der Waals surface area (Å²) in [6.07, 6.45) is 2.17. The van der Waals surface area contributed by atoms with Crippen LogP contribution in [0.25, 0.3) is 0 Å². The van der Waals surface area contributed by atoms with Gasteiger partial charge < -0.3 is 15.2 Å². The lowest BCUT2D eigenvalue weighted by Crippen LogP contribution is -2.30. The number of benzene rings is 1. The molecule has 1 aromatic carbocycles. The summed E-state index contributed by atoms with van der Waals surface area (Å²) in [6.45, 7) is 4.41. The molecule has 3 nitrogen and oxygen atoms in total. The van der Waals surface area contributed by atoms with Gasteiger partial charge in [0.05, 0.1) is 7.11 Å². The van der Waals surface area contributed by atoms with Gasteiger partial charge in [0.25, 0.3) is 0 Å². The van der Waals surface area contributed by atoms with Gasteiger partial charge in [-0.1, -0.05) is 19.9 Å². The van der Waals surface area contributed by atoms with E-state index in [1.807, 2.05) is 18.2 Å². The van der Waals surface area contributed by atoms with Crippen molar-refractivity contribution in [3.63, 3.8) is 0 Å². The second kappa shape index (κ2) is 4.96. The summed E-state index contributed by atoms with van der Waals surface area (Å²) in [4.78, 5) is 0. The van der Waals surface area contributed by atoms with Gasteiger partial charge >= 0.3 is 0 Å². The first-order chi connectivity index (χ1) is 8.10. The van der Waals surface area contributed by atoms with Crippen LogP contribution >= 0.6 is 0 Å². The molecule has 0 radical (unpaired) electrons. The van der Waals surface area contributed by atoms with Gasteiger partial charge in [0, 0.05) is 24.1 Å². The van der Waals surface area contributed by atoms with Crippen molar-refractivity contribution in [1.29, 1.82) is 0 Å². The molecule has 0 saturated heterocycles. The lowest BCUT2D eigenvalue weighted by Gasteiger charge is -2.31. The van der Waals surface area contributed by atoms with Crippen LogP contribution in [-0.2, 0) is 0 Å². The fourth-order valence-corrected chi connectivity index (χ4v) is 2.36. The Morgan fingerprint density at radius 2 is 2.24 bits per heavy atom. The minimum absolute atomic E-state index is 0.0772. The van der Waals surface area contributed by atoms with Gasteiger partial charge in [0.15, 0.2) is 0 Å². The minimum atomic E-state index is 0.0772. The summed E-state index contributed by atoms with van der Waals surface area (Å²) in [6, 6.07) is 5.95. The van der Waals surface area contributed by atoms with Crippen LogP contribution in [0.15, 0.2) is 18.2 Å². The van der Waals surface area contributed by atoms with E-state index < -0.39 is 0 Å². The first-order valence-electron chi connectivity index (χ1n) is 6.20. The zero-order valence-electron chi connectivity index (χ0n) is 10.8. The third kappa shape index (κ3) is 2.72. The molecule has 17 heavy (non-hydrogen) atoms. The van der Waals surface area contributed by atoms with E-state index in [9.17, 15) is 0 Å². The fraction of sp³-hybridized carbons (Fsp3) is 0.571. The van der Waals surface area contributed by atoms with E-state index in [0.29, 0.717) is 5.92 Å². The Bertz CT molecular complexity index is 390. The third-order valence-corrected chi connectivity index (χ3v) is 3.16. The topological polar surface area (TPSA) is 44.5 Å². The van der Waals surface area contributed by atoms with Crippen LogP contribution in [0.5, 0.6) is 11.5 Å². The Kier molecular flexibility index (Phi) is 3.57. The van der Waals surface area contributed by atoms with E-state index in [4.69, 9.17) is 15.2 Å². The molecule has 3 heteroatoms. The van der Waals surface area contributed by atoms with E-state index in [0.717, 1.165) is 29.9 Å². The molecule has 2 N–H and O–H groups in total. The average Bonchev–Trinajstić information content (AvgIpc) is 2.27. The number of rotatable bonds is 3. The van der Waals surface area contributed by atoms with Crippen molar-refractivity contribution in [2.24, 2.45) is 11.7 Å². The quantitative estimate of drug-likeness (QED) is 0.876. The predicted molar refractivity (Wildman–Crippen MR) is 68.4 cm³/mol. The first kappa shape index (κ1) is 12.2. The highest BCUT2D eigenvalue weighted by Crippen LogP contribution is 2.37. The Hall–Kier alpha value is -1.22. The molecule has 0 saturated carbocycles. The number of hydrogen-bond acceptors (Lipinski definition) is 3. The SMILES string of the molecule is COc1ccc2c(c1)OC(CC(C)C)CC2N. The van der Waals surface area contributed by atoms with Crippen LogP contribution in [0.2, 0.25) is 0 Å². The number of fused-ring (bicyclic) bond motifs is 1. The average molecular weight is 235 g/mol. The molecule has 1 aliphatic rings. The summed E-state index contributed by atoms with van der Waals surface area (Å²) < 4.78 is 11.2. The fourth-order valence-electron chi connectivity index (χ4n) is 2.36. The largest absolute Gasteiger partial charge is 0.497 e. The second-order valence-electron chi connectivity index (χ2n) is 5.12. The molecule has 1 heterocycles. The van der Waals surface area contributed by atoms with Crippen molar-refractivity contribution in [2.45, 2.75) is 38.8 Å². The minimum Gasteiger partial charge on any atom is -0.497 e. The molecule has 1 aromatic rings. The first-order valence-corrected chi connectivity index (χ1v) is 6.20. The molecule has 0 aromatic heterocycles. The number of hydrogen-bond donors (Lipinski definition) is 1. The van der Waals surface area contributed by atoms with Crippen LogP contribution in [0.1, 0.15) is 38.3 Å². The molecule has 2 rings (SSSR count). The van der Waals surface area contributed by atoms with Gasteiger partial charge in [-0.15, -0.1) is 0 Å². The number of nitrogens with two attached hydrogens (primary N) is 1. The van der Waals surface area contributed by atoms with Crippen molar-refractivity contribution in [3.05, 3.63) is 23.8 Å². The molecule has 2 atom stereocenters. The van der Waals surface area contributed by atoms with E-state index in [1.165, 1.54) is 0 Å². The van der Waals surface area contributed by atoms with Gasteiger partial charge in [0.1, 0.15) is 17.6 Å². The summed E-state index contributed by atoms with van der Waals surface area (Å²) in [5.74, 6) is 2.33. The predicted octanol–water partition coefficient (Wildman–Crippen LogP) is 2.89. The molecule has 2 unspecified atom stereocenters. The standard InChI is InChI=1S/C14H21NO2/c1-9(2)6-11-7-13(15)12-5-4-10(16-3)8-14(12)17-11/h4-5,8-9,11,13H,6-7,15H2,1-3H3. The smallest absolute Gasteiger partial charge is 0.128 e. The Morgan fingerprint density at radius 1 is 1.47 bits per heavy atom. The summed E-state index contributed by atoms with van der Waals surface area (Å²) in [5.41, 5.74) is 7.27. The van der Waals surface area contributed by atoms with Crippen molar-refractivity contribution >= 4 is 0 Å². The van der Waals surface area contributed by atoms with Crippen LogP contribution in [-0.4, -0.2) is 13.2 Å². The zero-order chi connectivity index (χ0) is 12.4. The van der Waals surface area contributed by atoms with Crippen LogP contribution < -0.4 is 15.2 Å². The van der Waals surface area contributed by atoms with E-state index in [1.54, 1.807) is 7.11 Å². The highest BCUT2D eigenvalue weighted by atomic mass is 16.5. The molecule has 1 aliphatic heterocycles. The molecule has 0 bridgehead atoms. The van der Waals surface area contributed by atoms with Crippen LogP contribution in [0.3, 0.4) is 0 Å². The van der Waals surface area contributed by atoms with Crippen molar-refractivity contribution < 1.29 is 9.47 Å². The highest BCUT2D eigenvalue weighted by molar-refractivity contribution is 5.43. The van der Waals surface area contributed by atoms with E-state index in [2.05, 4.69) is 13.8 Å². The molecular weight excluding hydrogens is 214 g/mol. The molecule has 0 fully saturated rings. The number of ether oxygens (including phenoxy) is 2. The molecule has 0 spiro atoms. The summed E-state index contributed by atoms with van der Waals surface area (Å²) >= 11 is 0. The maximum atomic E-state index is 6.18. The van der Waals surface area contributed by atoms with Crippen molar-refractivity contribution in [3.8, 4) is 11.5 Å². The zero-order valence-corrected chi connectivity index (χ0v) is 10.8. The summed E-state index contributed by atoms with van der Waals surface area (Å²) in [7, 11) is 1.66. The number of methoxy groups -OCH3 is 1. The van der Waals surface area contributed by atoms with Crippen LogP contribution in [0.4, 0.5) is 0 Å². The van der Waals surface area contributed by atoms with Crippen molar-refractivity contribution in [2.75, 3.05) is 7.11 Å². The van der Waals surface area contributed by atoms with Crippen molar-refractivity contribution in [1.82, 2.24) is 0 Å². The van der Waals surface area contributed by atoms with Gasteiger partial charge in [-0.3, -0.25) is 0 Å². The Morgan fingerprint density at radius 3 is 2.88 bits per heavy atom. The van der Waals surface area contributed by atoms with E-state index in [-0.39, 0.29) is 12.1 Å². The van der Waals surface area contributed by atoms with Gasteiger partial charge in [0.2, 0.25) is 0 Å². The third-order valence-electron chi connectivity index (χ3n) is 3.16. The molecule has 0 aliphatic carbocycles. The molecule has 0 amide bonds. The van der Waals surface area contributed by atoms with Gasteiger partial charge in [-0.05, 0) is 18.4 Å². The second-order valence-corrected chi connectivity index (χ2v) is 5.12. The Labute approximate surface area is 103 Å². The van der Waals surface area contributed by atoms with Crippen LogP contribution in [0, 0.1) is 5.92 Å². The lowest BCUT2D eigenvalue weighted by molar-refractivity contribution is 0.136. The Balaban J connectivity index is 2.21. The molecular formula is C14H21NO2. The van der Waals surface area contributed by atoms with E-state index >= 15 is 0 Å². The molecule has 94 valence electrons. The normalized spacial score (nSPS) is 23.1. The lowest BCUT2D eigenvalue weighted by atomic mass is 9.93. The van der Waals surface area contributed by atoms with Gasteiger partial charge in [-0.25, -0.2) is 0 Å². The summed E-state index contributed by atoms with van der Waals surface area (Å²) in [5, 5.41) is 0. The highest BCUT2D eigenvalue weighted by Gasteiger charge is 2.26.